The summed E-state index contributed by atoms with van der Waals surface area (Å²) in [4.78, 5) is 14.4. The van der Waals surface area contributed by atoms with Crippen LogP contribution in [0.3, 0.4) is 0 Å². The molecule has 1 heterocycles. The summed E-state index contributed by atoms with van der Waals surface area (Å²) in [6.07, 6.45) is -0.634. The van der Waals surface area contributed by atoms with E-state index in [-0.39, 0.29) is 12.5 Å². The van der Waals surface area contributed by atoms with E-state index in [2.05, 4.69) is 4.90 Å². The molecule has 1 aliphatic rings. The first-order valence-electron chi connectivity index (χ1n) is 8.76. The molecule has 1 fully saturated rings. The Bertz CT molecular complexity index is 581. The molecule has 140 valence electrons. The SMILES string of the molecule is COC(=O)c1c(C(C)C)ccc(C)c1OCC(O)CN1CCOCC1. The van der Waals surface area contributed by atoms with Gasteiger partial charge in [0.05, 0.1) is 20.3 Å². The molecule has 1 unspecified atom stereocenters. The maximum Gasteiger partial charge on any atom is 0.341 e. The maximum atomic E-state index is 12.3. The third-order valence-corrected chi connectivity index (χ3v) is 4.39. The Labute approximate surface area is 149 Å². The Morgan fingerprint density at radius 1 is 1.32 bits per heavy atom. The van der Waals surface area contributed by atoms with Crippen molar-refractivity contribution in [3.8, 4) is 5.75 Å². The number of hydrogen-bond donors (Lipinski definition) is 1. The van der Waals surface area contributed by atoms with Crippen LogP contribution >= 0.6 is 0 Å². The zero-order valence-corrected chi connectivity index (χ0v) is 15.6. The van der Waals surface area contributed by atoms with Gasteiger partial charge >= 0.3 is 5.97 Å². The summed E-state index contributed by atoms with van der Waals surface area (Å²) in [5.41, 5.74) is 2.19. The monoisotopic (exact) mass is 351 g/mol. The summed E-state index contributed by atoms with van der Waals surface area (Å²) in [5.74, 6) is 0.250. The summed E-state index contributed by atoms with van der Waals surface area (Å²) >= 11 is 0. The largest absolute Gasteiger partial charge is 0.490 e. The van der Waals surface area contributed by atoms with E-state index in [1.54, 1.807) is 0 Å². The Morgan fingerprint density at radius 3 is 2.60 bits per heavy atom. The van der Waals surface area contributed by atoms with Crippen molar-refractivity contribution < 1.29 is 24.1 Å². The predicted molar refractivity (Wildman–Crippen MR) is 95.4 cm³/mol. The first kappa shape index (κ1) is 19.7. The van der Waals surface area contributed by atoms with Gasteiger partial charge in [-0.25, -0.2) is 4.79 Å². The fourth-order valence-corrected chi connectivity index (χ4v) is 3.00. The smallest absolute Gasteiger partial charge is 0.341 e. The van der Waals surface area contributed by atoms with E-state index < -0.39 is 12.1 Å². The summed E-state index contributed by atoms with van der Waals surface area (Å²) in [6.45, 7) is 9.59. The van der Waals surface area contributed by atoms with E-state index in [0.29, 0.717) is 31.1 Å². The number of ether oxygens (including phenoxy) is 3. The molecule has 1 atom stereocenters. The number of aryl methyl sites for hydroxylation is 1. The zero-order valence-electron chi connectivity index (χ0n) is 15.6. The first-order chi connectivity index (χ1) is 11.9. The van der Waals surface area contributed by atoms with Gasteiger partial charge in [-0.15, -0.1) is 0 Å². The molecule has 1 aromatic rings. The third kappa shape index (κ3) is 5.17. The van der Waals surface area contributed by atoms with Crippen molar-refractivity contribution in [2.24, 2.45) is 0 Å². The summed E-state index contributed by atoms with van der Waals surface area (Å²) in [5, 5.41) is 10.3. The van der Waals surface area contributed by atoms with Crippen LogP contribution < -0.4 is 4.74 Å². The lowest BCUT2D eigenvalue weighted by molar-refractivity contribution is 0.00438. The van der Waals surface area contributed by atoms with Crippen LogP contribution in [0, 0.1) is 6.92 Å². The number of benzene rings is 1. The van der Waals surface area contributed by atoms with Gasteiger partial charge in [-0.3, -0.25) is 4.90 Å². The molecule has 0 aliphatic carbocycles. The Kier molecular flexibility index (Phi) is 7.23. The number of morpholine rings is 1. The molecule has 0 radical (unpaired) electrons. The fraction of sp³-hybridized carbons (Fsp3) is 0.632. The van der Waals surface area contributed by atoms with Crippen LogP contribution in [0.2, 0.25) is 0 Å². The molecule has 1 aliphatic heterocycles. The molecule has 0 aromatic heterocycles. The van der Waals surface area contributed by atoms with Crippen LogP contribution in [0.15, 0.2) is 12.1 Å². The number of hydrogen-bond acceptors (Lipinski definition) is 6. The molecule has 25 heavy (non-hydrogen) atoms. The molecule has 6 heteroatoms. The molecule has 1 saturated heterocycles. The molecule has 0 saturated carbocycles. The normalized spacial score (nSPS) is 16.7. The van der Waals surface area contributed by atoms with Gasteiger partial charge in [-0.2, -0.15) is 0 Å². The van der Waals surface area contributed by atoms with Crippen LogP contribution in [-0.2, 0) is 9.47 Å². The second kappa shape index (κ2) is 9.17. The highest BCUT2D eigenvalue weighted by Crippen LogP contribution is 2.32. The predicted octanol–water partition coefficient (Wildman–Crippen LogP) is 1.98. The highest BCUT2D eigenvalue weighted by molar-refractivity contribution is 5.95. The van der Waals surface area contributed by atoms with Gasteiger partial charge < -0.3 is 19.3 Å². The second-order valence-electron chi connectivity index (χ2n) is 6.70. The molecule has 0 bridgehead atoms. The van der Waals surface area contributed by atoms with Crippen molar-refractivity contribution in [1.29, 1.82) is 0 Å². The van der Waals surface area contributed by atoms with Crippen LogP contribution in [0.1, 0.15) is 41.3 Å². The summed E-state index contributed by atoms with van der Waals surface area (Å²) in [7, 11) is 1.37. The first-order valence-corrected chi connectivity index (χ1v) is 8.76. The highest BCUT2D eigenvalue weighted by atomic mass is 16.5. The molecule has 0 spiro atoms. The van der Waals surface area contributed by atoms with Gasteiger partial charge in [0.25, 0.3) is 0 Å². The molecule has 1 aromatic carbocycles. The number of rotatable bonds is 7. The minimum Gasteiger partial charge on any atom is -0.490 e. The molecule has 1 N–H and O–H groups in total. The van der Waals surface area contributed by atoms with Crippen molar-refractivity contribution in [2.75, 3.05) is 46.6 Å². The summed E-state index contributed by atoms with van der Waals surface area (Å²) in [6, 6.07) is 3.87. The quantitative estimate of drug-likeness (QED) is 0.758. The van der Waals surface area contributed by atoms with Crippen LogP contribution in [0.5, 0.6) is 5.75 Å². The number of nitrogens with zero attached hydrogens (tertiary/aromatic N) is 1. The lowest BCUT2D eigenvalue weighted by Crippen LogP contribution is -2.42. The van der Waals surface area contributed by atoms with E-state index in [0.717, 1.165) is 24.2 Å². The highest BCUT2D eigenvalue weighted by Gasteiger charge is 2.23. The number of methoxy groups -OCH3 is 1. The molecule has 6 nitrogen and oxygen atoms in total. The van der Waals surface area contributed by atoms with E-state index >= 15 is 0 Å². The van der Waals surface area contributed by atoms with Gasteiger partial charge in [0.2, 0.25) is 0 Å². The van der Waals surface area contributed by atoms with Gasteiger partial charge in [-0.05, 0) is 24.0 Å². The van der Waals surface area contributed by atoms with Gasteiger partial charge in [-0.1, -0.05) is 26.0 Å². The number of aliphatic hydroxyl groups is 1. The minimum atomic E-state index is -0.634. The van der Waals surface area contributed by atoms with Gasteiger partial charge in [0, 0.05) is 19.6 Å². The number of carbonyl (C=O) groups excluding carboxylic acids is 1. The number of aliphatic hydroxyl groups excluding tert-OH is 1. The fourth-order valence-electron chi connectivity index (χ4n) is 3.00. The van der Waals surface area contributed by atoms with Crippen LogP contribution in [0.25, 0.3) is 0 Å². The lowest BCUT2D eigenvalue weighted by Gasteiger charge is -2.28. The van der Waals surface area contributed by atoms with E-state index in [9.17, 15) is 9.90 Å². The minimum absolute atomic E-state index is 0.129. The van der Waals surface area contributed by atoms with E-state index in [1.165, 1.54) is 7.11 Å². The Balaban J connectivity index is 2.11. The number of esters is 1. The number of β-amino-alcohol motifs (C(OH)–C–C–N with tert-alkyl or cyclic N) is 1. The van der Waals surface area contributed by atoms with Gasteiger partial charge in [0.15, 0.2) is 0 Å². The van der Waals surface area contributed by atoms with E-state index in [1.807, 2.05) is 32.9 Å². The third-order valence-electron chi connectivity index (χ3n) is 4.39. The summed E-state index contributed by atoms with van der Waals surface area (Å²) < 4.78 is 16.1. The van der Waals surface area contributed by atoms with Crippen LogP contribution in [-0.4, -0.2) is 68.6 Å². The molecular weight excluding hydrogens is 322 g/mol. The molecular formula is C19H29NO5. The average molecular weight is 351 g/mol. The van der Waals surface area contributed by atoms with Crippen molar-refractivity contribution in [2.45, 2.75) is 32.8 Å². The second-order valence-corrected chi connectivity index (χ2v) is 6.70. The van der Waals surface area contributed by atoms with Crippen LogP contribution in [0.4, 0.5) is 0 Å². The standard InChI is InChI=1S/C19H29NO5/c1-13(2)16-6-5-14(3)18(17(16)19(22)23-4)25-12-15(21)11-20-7-9-24-10-8-20/h5-6,13,15,21H,7-12H2,1-4H3. The molecule has 0 amide bonds. The maximum absolute atomic E-state index is 12.3. The molecule has 2 rings (SSSR count). The number of carbonyl (C=O) groups is 1. The Morgan fingerprint density at radius 2 is 2.00 bits per heavy atom. The Hall–Kier alpha value is -1.63. The topological polar surface area (TPSA) is 68.2 Å². The lowest BCUT2D eigenvalue weighted by atomic mass is 9.94. The zero-order chi connectivity index (χ0) is 18.4. The van der Waals surface area contributed by atoms with Crippen molar-refractivity contribution in [3.63, 3.8) is 0 Å². The van der Waals surface area contributed by atoms with E-state index in [4.69, 9.17) is 14.2 Å². The van der Waals surface area contributed by atoms with Crippen molar-refractivity contribution in [1.82, 2.24) is 4.90 Å². The van der Waals surface area contributed by atoms with Crippen molar-refractivity contribution in [3.05, 3.63) is 28.8 Å². The van der Waals surface area contributed by atoms with Gasteiger partial charge in [0.1, 0.15) is 24.0 Å². The van der Waals surface area contributed by atoms with Crippen molar-refractivity contribution >= 4 is 5.97 Å². The average Bonchev–Trinajstić information content (AvgIpc) is 2.60.